The molecule has 0 aliphatic carbocycles. The highest BCUT2D eigenvalue weighted by atomic mass is 32.2. The minimum Gasteiger partial charge on any atom is -0.372 e. The van der Waals surface area contributed by atoms with Gasteiger partial charge in [0.2, 0.25) is 0 Å². The van der Waals surface area contributed by atoms with Crippen LogP contribution in [-0.2, 0) is 19.7 Å². The predicted octanol–water partition coefficient (Wildman–Crippen LogP) is -0.947. The van der Waals surface area contributed by atoms with Crippen LogP contribution in [0.15, 0.2) is 0 Å². The Morgan fingerprint density at radius 2 is 2.28 bits per heavy atom. The molecule has 3 N–H and O–H groups in total. The van der Waals surface area contributed by atoms with E-state index in [0.717, 1.165) is 12.8 Å². The molecule has 0 saturated carbocycles. The zero-order valence-electron chi connectivity index (χ0n) is 10.8. The van der Waals surface area contributed by atoms with Gasteiger partial charge in [-0.3, -0.25) is 4.79 Å². The van der Waals surface area contributed by atoms with E-state index < -0.39 is 16.3 Å². The normalized spacial score (nSPS) is 22.8. The first-order valence-electron chi connectivity index (χ1n) is 5.92. The molecule has 1 aliphatic heterocycles. The summed E-state index contributed by atoms with van der Waals surface area (Å²) in [7, 11) is -2.17. The Hall–Kier alpha value is -0.700. The third-order valence-electron chi connectivity index (χ3n) is 3.11. The van der Waals surface area contributed by atoms with Crippen LogP contribution < -0.4 is 9.86 Å². The third-order valence-corrected chi connectivity index (χ3v) is 3.67. The van der Waals surface area contributed by atoms with Crippen LogP contribution in [-0.4, -0.2) is 52.1 Å². The van der Waals surface area contributed by atoms with Crippen LogP contribution in [0, 0.1) is 5.92 Å². The number of carbonyl (C=O) groups excluding carboxylic acids is 1. The van der Waals surface area contributed by atoms with E-state index in [2.05, 4.69) is 4.72 Å². The van der Waals surface area contributed by atoms with Crippen LogP contribution in [0.5, 0.6) is 0 Å². The van der Waals surface area contributed by atoms with E-state index in [0.29, 0.717) is 13.1 Å². The molecule has 0 radical (unpaired) electrons. The molecule has 1 heterocycles. The number of nitrogens with zero attached hydrogens (tertiary/aromatic N) is 1. The lowest BCUT2D eigenvalue weighted by Crippen LogP contribution is -2.47. The average molecular weight is 279 g/mol. The van der Waals surface area contributed by atoms with Crippen molar-refractivity contribution in [2.45, 2.75) is 25.9 Å². The van der Waals surface area contributed by atoms with Gasteiger partial charge in [-0.2, -0.15) is 8.42 Å². The molecule has 2 unspecified atom stereocenters. The molecule has 0 aromatic rings. The van der Waals surface area contributed by atoms with Crippen LogP contribution in [0.1, 0.15) is 19.8 Å². The number of hydrogen-bond acceptors (Lipinski definition) is 4. The van der Waals surface area contributed by atoms with Crippen molar-refractivity contribution in [1.29, 1.82) is 0 Å². The smallest absolute Gasteiger partial charge is 0.274 e. The van der Waals surface area contributed by atoms with Gasteiger partial charge in [-0.15, -0.1) is 0 Å². The number of hydrogen-bond donors (Lipinski definition) is 2. The summed E-state index contributed by atoms with van der Waals surface area (Å²) in [6, 6.07) is 0. The summed E-state index contributed by atoms with van der Waals surface area (Å²) < 4.78 is 28.9. The Labute approximate surface area is 108 Å². The number of piperidine rings is 1. The van der Waals surface area contributed by atoms with Gasteiger partial charge < -0.3 is 9.64 Å². The van der Waals surface area contributed by atoms with E-state index in [4.69, 9.17) is 9.88 Å². The van der Waals surface area contributed by atoms with Crippen molar-refractivity contribution in [3.8, 4) is 0 Å². The number of nitrogens with one attached hydrogen (secondary N) is 1. The van der Waals surface area contributed by atoms with Gasteiger partial charge in [-0.25, -0.2) is 9.86 Å². The summed E-state index contributed by atoms with van der Waals surface area (Å²) in [5.74, 6) is 0.0443. The average Bonchev–Trinajstić information content (AvgIpc) is 2.34. The number of likely N-dealkylation sites (tertiary alicyclic amines) is 1. The summed E-state index contributed by atoms with van der Waals surface area (Å²) in [5, 5.41) is 4.88. The van der Waals surface area contributed by atoms with Crippen molar-refractivity contribution >= 4 is 16.1 Å². The Bertz CT molecular complexity index is 385. The molecule has 18 heavy (non-hydrogen) atoms. The van der Waals surface area contributed by atoms with Crippen LogP contribution in [0.3, 0.4) is 0 Å². The van der Waals surface area contributed by atoms with E-state index in [1.54, 1.807) is 11.8 Å². The highest BCUT2D eigenvalue weighted by Gasteiger charge is 2.27. The SMILES string of the molecule is COC(C)C(=O)N1CCCC(CNS(N)(=O)=O)C1. The molecular formula is C10H21N3O4S. The van der Waals surface area contributed by atoms with E-state index in [1.807, 2.05) is 0 Å². The quantitative estimate of drug-likeness (QED) is 0.677. The molecule has 7 nitrogen and oxygen atoms in total. The molecule has 1 rings (SSSR count). The summed E-state index contributed by atoms with van der Waals surface area (Å²) in [6.45, 7) is 3.20. The lowest BCUT2D eigenvalue weighted by molar-refractivity contribution is -0.142. The molecule has 0 bridgehead atoms. The molecule has 1 aliphatic rings. The van der Waals surface area contributed by atoms with Gasteiger partial charge in [0, 0.05) is 26.7 Å². The zero-order valence-corrected chi connectivity index (χ0v) is 11.6. The van der Waals surface area contributed by atoms with Gasteiger partial charge in [0.1, 0.15) is 6.10 Å². The Kier molecular flexibility index (Phi) is 5.51. The fourth-order valence-corrected chi connectivity index (χ4v) is 2.49. The van der Waals surface area contributed by atoms with Crippen molar-refractivity contribution in [3.63, 3.8) is 0 Å². The Morgan fingerprint density at radius 1 is 1.61 bits per heavy atom. The van der Waals surface area contributed by atoms with Crippen LogP contribution in [0.25, 0.3) is 0 Å². The molecule has 0 aromatic carbocycles. The summed E-state index contributed by atoms with van der Waals surface area (Å²) in [6.07, 6.45) is 1.28. The van der Waals surface area contributed by atoms with E-state index in [9.17, 15) is 13.2 Å². The number of methoxy groups -OCH3 is 1. The first kappa shape index (κ1) is 15.4. The molecule has 1 saturated heterocycles. The number of amides is 1. The van der Waals surface area contributed by atoms with Gasteiger partial charge in [-0.05, 0) is 25.7 Å². The molecule has 106 valence electrons. The summed E-state index contributed by atoms with van der Waals surface area (Å²) in [5.41, 5.74) is 0. The summed E-state index contributed by atoms with van der Waals surface area (Å²) in [4.78, 5) is 13.6. The van der Waals surface area contributed by atoms with Crippen molar-refractivity contribution in [1.82, 2.24) is 9.62 Å². The fourth-order valence-electron chi connectivity index (χ4n) is 2.02. The second-order valence-electron chi connectivity index (χ2n) is 4.56. The van der Waals surface area contributed by atoms with E-state index in [-0.39, 0.29) is 18.4 Å². The molecule has 0 spiro atoms. The number of rotatable bonds is 5. The van der Waals surface area contributed by atoms with Gasteiger partial charge in [-0.1, -0.05) is 0 Å². The van der Waals surface area contributed by atoms with Gasteiger partial charge in [0.15, 0.2) is 0 Å². The van der Waals surface area contributed by atoms with Crippen LogP contribution in [0.2, 0.25) is 0 Å². The lowest BCUT2D eigenvalue weighted by atomic mass is 9.98. The lowest BCUT2D eigenvalue weighted by Gasteiger charge is -2.34. The van der Waals surface area contributed by atoms with Crippen molar-refractivity contribution in [2.75, 3.05) is 26.7 Å². The second kappa shape index (κ2) is 6.46. The highest BCUT2D eigenvalue weighted by molar-refractivity contribution is 7.87. The second-order valence-corrected chi connectivity index (χ2v) is 5.94. The topological polar surface area (TPSA) is 102 Å². The van der Waals surface area contributed by atoms with Crippen molar-refractivity contribution in [2.24, 2.45) is 11.1 Å². The molecule has 1 amide bonds. The maximum Gasteiger partial charge on any atom is 0.274 e. The molecule has 2 atom stereocenters. The van der Waals surface area contributed by atoms with Gasteiger partial charge in [0.05, 0.1) is 0 Å². The predicted molar refractivity (Wildman–Crippen MR) is 66.9 cm³/mol. The van der Waals surface area contributed by atoms with E-state index >= 15 is 0 Å². The van der Waals surface area contributed by atoms with Crippen molar-refractivity contribution in [3.05, 3.63) is 0 Å². The number of carbonyl (C=O) groups is 1. The number of ether oxygens (including phenoxy) is 1. The van der Waals surface area contributed by atoms with Crippen molar-refractivity contribution < 1.29 is 17.9 Å². The molecule has 1 fully saturated rings. The van der Waals surface area contributed by atoms with E-state index in [1.165, 1.54) is 7.11 Å². The Morgan fingerprint density at radius 3 is 2.83 bits per heavy atom. The highest BCUT2D eigenvalue weighted by Crippen LogP contribution is 2.17. The van der Waals surface area contributed by atoms with Crippen LogP contribution >= 0.6 is 0 Å². The molecule has 8 heteroatoms. The standard InChI is InChI=1S/C10H21N3O4S/c1-8(17-2)10(14)13-5-3-4-9(7-13)6-12-18(11,15)16/h8-9,12H,3-7H2,1-2H3,(H2,11,15,16). The number of nitrogens with two attached hydrogens (primary N) is 1. The van der Waals surface area contributed by atoms with Gasteiger partial charge >= 0.3 is 0 Å². The minimum absolute atomic E-state index is 0.0576. The largest absolute Gasteiger partial charge is 0.372 e. The summed E-state index contributed by atoms with van der Waals surface area (Å²) >= 11 is 0. The molecule has 0 aromatic heterocycles. The third kappa shape index (κ3) is 4.89. The Balaban J connectivity index is 2.48. The maximum absolute atomic E-state index is 11.9. The zero-order chi connectivity index (χ0) is 13.8. The molecular weight excluding hydrogens is 258 g/mol. The fraction of sp³-hybridized carbons (Fsp3) is 0.900. The van der Waals surface area contributed by atoms with Gasteiger partial charge in [0.25, 0.3) is 16.1 Å². The first-order valence-corrected chi connectivity index (χ1v) is 7.47. The monoisotopic (exact) mass is 279 g/mol. The van der Waals surface area contributed by atoms with Crippen LogP contribution in [0.4, 0.5) is 0 Å². The maximum atomic E-state index is 11.9. The minimum atomic E-state index is -3.66. The first-order chi connectivity index (χ1) is 8.33.